The van der Waals surface area contributed by atoms with E-state index in [-0.39, 0.29) is 16.7 Å². The van der Waals surface area contributed by atoms with Gasteiger partial charge in [-0.2, -0.15) is 0 Å². The number of sulfonamides is 1. The van der Waals surface area contributed by atoms with Crippen molar-refractivity contribution in [3.8, 4) is 0 Å². The van der Waals surface area contributed by atoms with E-state index in [2.05, 4.69) is 5.32 Å². The van der Waals surface area contributed by atoms with Crippen molar-refractivity contribution in [1.82, 2.24) is 0 Å². The molecule has 3 rings (SSSR count). The average molecular weight is 409 g/mol. The second-order valence-electron chi connectivity index (χ2n) is 6.90. The van der Waals surface area contributed by atoms with Gasteiger partial charge in [-0.05, 0) is 41.8 Å². The zero-order chi connectivity index (χ0) is 20.9. The van der Waals surface area contributed by atoms with E-state index >= 15 is 0 Å². The molecule has 1 N–H and O–H groups in total. The summed E-state index contributed by atoms with van der Waals surface area (Å²) in [5.74, 6) is -0.0976. The second-order valence-corrected chi connectivity index (χ2v) is 8.87. The van der Waals surface area contributed by atoms with Crippen LogP contribution < -0.4 is 9.62 Å². The molecule has 1 amide bonds. The molecule has 0 heterocycles. The molecule has 0 bridgehead atoms. The van der Waals surface area contributed by atoms with E-state index in [0.717, 1.165) is 5.56 Å². The highest BCUT2D eigenvalue weighted by Gasteiger charge is 2.21. The Bertz CT molecular complexity index is 1070. The lowest BCUT2D eigenvalue weighted by molar-refractivity contribution is -0.116. The van der Waals surface area contributed by atoms with Gasteiger partial charge >= 0.3 is 0 Å². The van der Waals surface area contributed by atoms with E-state index in [4.69, 9.17) is 0 Å². The third kappa shape index (κ3) is 5.03. The van der Waals surface area contributed by atoms with Crippen molar-refractivity contribution in [1.29, 1.82) is 0 Å². The SMILES string of the molecule is CC(CC(=O)Nc1cccc(S(=O)(=O)N(C)c2ccccc2)c1)c1ccccc1. The van der Waals surface area contributed by atoms with Crippen LogP contribution in [-0.4, -0.2) is 21.4 Å². The van der Waals surface area contributed by atoms with E-state index in [1.165, 1.54) is 23.5 Å². The first-order valence-corrected chi connectivity index (χ1v) is 10.8. The van der Waals surface area contributed by atoms with Crippen molar-refractivity contribution >= 4 is 27.3 Å². The van der Waals surface area contributed by atoms with Crippen LogP contribution in [0, 0.1) is 0 Å². The predicted octanol–water partition coefficient (Wildman–Crippen LogP) is 4.64. The summed E-state index contributed by atoms with van der Waals surface area (Å²) < 4.78 is 27.1. The molecule has 0 spiro atoms. The molecule has 1 atom stereocenters. The van der Waals surface area contributed by atoms with Crippen LogP contribution in [0.15, 0.2) is 89.8 Å². The summed E-state index contributed by atoms with van der Waals surface area (Å²) >= 11 is 0. The monoisotopic (exact) mass is 408 g/mol. The number of carbonyl (C=O) groups excluding carboxylic acids is 1. The van der Waals surface area contributed by atoms with Crippen molar-refractivity contribution in [3.63, 3.8) is 0 Å². The fourth-order valence-corrected chi connectivity index (χ4v) is 4.30. The first-order chi connectivity index (χ1) is 13.9. The van der Waals surface area contributed by atoms with Gasteiger partial charge in [-0.1, -0.05) is 61.5 Å². The summed E-state index contributed by atoms with van der Waals surface area (Å²) in [5.41, 5.74) is 2.11. The zero-order valence-electron chi connectivity index (χ0n) is 16.4. The van der Waals surface area contributed by atoms with Crippen LogP contribution in [0.5, 0.6) is 0 Å². The third-order valence-electron chi connectivity index (χ3n) is 4.76. The first-order valence-electron chi connectivity index (χ1n) is 9.37. The van der Waals surface area contributed by atoms with Gasteiger partial charge in [-0.3, -0.25) is 9.10 Å². The number of amides is 1. The van der Waals surface area contributed by atoms with E-state index in [0.29, 0.717) is 17.8 Å². The molecular weight excluding hydrogens is 384 g/mol. The van der Waals surface area contributed by atoms with E-state index in [1.807, 2.05) is 43.3 Å². The maximum Gasteiger partial charge on any atom is 0.264 e. The van der Waals surface area contributed by atoms with Gasteiger partial charge in [0.15, 0.2) is 0 Å². The van der Waals surface area contributed by atoms with Gasteiger partial charge in [0.05, 0.1) is 10.6 Å². The molecule has 150 valence electrons. The Labute approximate surface area is 172 Å². The highest BCUT2D eigenvalue weighted by Crippen LogP contribution is 2.24. The molecule has 0 aliphatic heterocycles. The van der Waals surface area contributed by atoms with Gasteiger partial charge in [0, 0.05) is 19.2 Å². The maximum absolute atomic E-state index is 12.9. The number of nitrogens with one attached hydrogen (secondary N) is 1. The second kappa shape index (κ2) is 8.92. The normalized spacial score (nSPS) is 12.2. The number of nitrogens with zero attached hydrogens (tertiary/aromatic N) is 1. The fraction of sp³-hybridized carbons (Fsp3) is 0.174. The Morgan fingerprint density at radius 3 is 2.21 bits per heavy atom. The van der Waals surface area contributed by atoms with Crippen LogP contribution in [0.25, 0.3) is 0 Å². The third-order valence-corrected chi connectivity index (χ3v) is 6.54. The van der Waals surface area contributed by atoms with Crippen molar-refractivity contribution in [3.05, 3.63) is 90.5 Å². The fourth-order valence-electron chi connectivity index (χ4n) is 3.06. The first kappa shape index (κ1) is 20.6. The van der Waals surface area contributed by atoms with Crippen LogP contribution in [0.4, 0.5) is 11.4 Å². The van der Waals surface area contributed by atoms with Crippen LogP contribution in [0.1, 0.15) is 24.8 Å². The lowest BCUT2D eigenvalue weighted by Crippen LogP contribution is -2.26. The summed E-state index contributed by atoms with van der Waals surface area (Å²) in [5, 5.41) is 2.81. The zero-order valence-corrected chi connectivity index (χ0v) is 17.3. The standard InChI is InChI=1S/C23H24N2O3S/c1-18(19-10-5-3-6-11-19)16-23(26)24-20-12-9-15-22(17-20)29(27,28)25(2)21-13-7-4-8-14-21/h3-15,17-18H,16H2,1-2H3,(H,24,26). The van der Waals surface area contributed by atoms with Crippen LogP contribution in [-0.2, 0) is 14.8 Å². The summed E-state index contributed by atoms with van der Waals surface area (Å²) in [6, 6.07) is 25.0. The molecule has 0 saturated heterocycles. The van der Waals surface area contributed by atoms with Gasteiger partial charge in [0.25, 0.3) is 10.0 Å². The van der Waals surface area contributed by atoms with E-state index in [1.54, 1.807) is 36.4 Å². The summed E-state index contributed by atoms with van der Waals surface area (Å²) in [6.07, 6.45) is 0.310. The number of carbonyl (C=O) groups is 1. The Morgan fingerprint density at radius 1 is 0.931 bits per heavy atom. The molecule has 3 aromatic rings. The largest absolute Gasteiger partial charge is 0.326 e. The minimum atomic E-state index is -3.73. The van der Waals surface area contributed by atoms with E-state index < -0.39 is 10.0 Å². The minimum absolute atomic E-state index is 0.0623. The van der Waals surface area contributed by atoms with Gasteiger partial charge in [-0.25, -0.2) is 8.42 Å². The topological polar surface area (TPSA) is 66.5 Å². The number of hydrogen-bond acceptors (Lipinski definition) is 3. The predicted molar refractivity (Wildman–Crippen MR) is 117 cm³/mol. The molecule has 3 aromatic carbocycles. The summed E-state index contributed by atoms with van der Waals surface area (Å²) in [7, 11) is -2.22. The Balaban J connectivity index is 1.73. The Kier molecular flexibility index (Phi) is 6.34. The summed E-state index contributed by atoms with van der Waals surface area (Å²) in [6.45, 7) is 1.99. The summed E-state index contributed by atoms with van der Waals surface area (Å²) in [4.78, 5) is 12.6. The molecule has 0 fully saturated rings. The molecule has 5 nitrogen and oxygen atoms in total. The highest BCUT2D eigenvalue weighted by molar-refractivity contribution is 7.92. The maximum atomic E-state index is 12.9. The average Bonchev–Trinajstić information content (AvgIpc) is 2.74. The lowest BCUT2D eigenvalue weighted by atomic mass is 9.97. The number of hydrogen-bond donors (Lipinski definition) is 1. The minimum Gasteiger partial charge on any atom is -0.326 e. The molecule has 0 radical (unpaired) electrons. The molecule has 0 aromatic heterocycles. The molecule has 29 heavy (non-hydrogen) atoms. The van der Waals surface area contributed by atoms with Gasteiger partial charge in [0.1, 0.15) is 0 Å². The number of para-hydroxylation sites is 1. The van der Waals surface area contributed by atoms with Crippen molar-refractivity contribution < 1.29 is 13.2 Å². The molecular formula is C23H24N2O3S. The van der Waals surface area contributed by atoms with Gasteiger partial charge in [-0.15, -0.1) is 0 Å². The Morgan fingerprint density at radius 2 is 1.55 bits per heavy atom. The van der Waals surface area contributed by atoms with Gasteiger partial charge < -0.3 is 5.32 Å². The van der Waals surface area contributed by atoms with Crippen LogP contribution >= 0.6 is 0 Å². The van der Waals surface area contributed by atoms with E-state index in [9.17, 15) is 13.2 Å². The molecule has 1 unspecified atom stereocenters. The smallest absolute Gasteiger partial charge is 0.264 e. The van der Waals surface area contributed by atoms with Gasteiger partial charge in [0.2, 0.25) is 5.91 Å². The van der Waals surface area contributed by atoms with Crippen molar-refractivity contribution in [2.24, 2.45) is 0 Å². The number of rotatable bonds is 7. The van der Waals surface area contributed by atoms with Crippen molar-refractivity contribution in [2.45, 2.75) is 24.2 Å². The lowest BCUT2D eigenvalue weighted by Gasteiger charge is -2.20. The number of benzene rings is 3. The quantitative estimate of drug-likeness (QED) is 0.619. The molecule has 0 saturated carbocycles. The molecule has 0 aliphatic rings. The highest BCUT2D eigenvalue weighted by atomic mass is 32.2. The van der Waals surface area contributed by atoms with Crippen molar-refractivity contribution in [2.75, 3.05) is 16.7 Å². The Hall–Kier alpha value is -3.12. The van der Waals surface area contributed by atoms with Crippen LogP contribution in [0.3, 0.4) is 0 Å². The van der Waals surface area contributed by atoms with Crippen LogP contribution in [0.2, 0.25) is 0 Å². The number of anilines is 2. The molecule has 0 aliphatic carbocycles. The molecule has 6 heteroatoms.